The maximum atomic E-state index is 6.45. The zero-order valence-corrected chi connectivity index (χ0v) is 28.5. The van der Waals surface area contributed by atoms with Crippen molar-refractivity contribution in [2.24, 2.45) is 0 Å². The van der Waals surface area contributed by atoms with Crippen LogP contribution in [0.25, 0.3) is 66.4 Å². The van der Waals surface area contributed by atoms with Gasteiger partial charge in [0.05, 0.1) is 0 Å². The Kier molecular flexibility index (Phi) is 6.53. The predicted octanol–water partition coefficient (Wildman–Crippen LogP) is 13.2. The molecule has 1 aliphatic carbocycles. The van der Waals surface area contributed by atoms with Gasteiger partial charge in [-0.25, -0.2) is 4.98 Å². The zero-order chi connectivity index (χ0) is 34.1. The Bertz CT molecular complexity index is 2760. The van der Waals surface area contributed by atoms with Crippen LogP contribution in [0.3, 0.4) is 0 Å². The van der Waals surface area contributed by atoms with Gasteiger partial charge in [0.1, 0.15) is 5.52 Å². The molecule has 1 heterocycles. The topological polar surface area (TPSA) is 29.3 Å². The lowest BCUT2D eigenvalue weighted by molar-refractivity contribution is 0.623. The highest BCUT2D eigenvalue weighted by molar-refractivity contribution is 6.16. The third-order valence-electron chi connectivity index (χ3n) is 10.7. The van der Waals surface area contributed by atoms with Crippen molar-refractivity contribution >= 4 is 49.7 Å². The van der Waals surface area contributed by atoms with E-state index in [-0.39, 0.29) is 5.41 Å². The third-order valence-corrected chi connectivity index (χ3v) is 10.7. The van der Waals surface area contributed by atoms with E-state index in [4.69, 9.17) is 9.40 Å². The van der Waals surface area contributed by atoms with Crippen molar-refractivity contribution in [2.75, 3.05) is 4.90 Å². The summed E-state index contributed by atoms with van der Waals surface area (Å²) in [5.74, 6) is 0.638. The van der Waals surface area contributed by atoms with Crippen molar-refractivity contribution in [1.82, 2.24) is 4.98 Å². The van der Waals surface area contributed by atoms with Gasteiger partial charge in [0, 0.05) is 33.4 Å². The van der Waals surface area contributed by atoms with E-state index in [2.05, 4.69) is 158 Å². The molecular formula is C48H34N2O. The number of aromatic nitrogens is 1. The summed E-state index contributed by atoms with van der Waals surface area (Å²) in [6.45, 7) is 4.69. The Morgan fingerprint density at radius 1 is 0.471 bits per heavy atom. The number of hydrogen-bond donors (Lipinski definition) is 0. The summed E-state index contributed by atoms with van der Waals surface area (Å²) in [5.41, 5.74) is 13.6. The minimum Gasteiger partial charge on any atom is -0.435 e. The molecule has 1 aromatic heterocycles. The van der Waals surface area contributed by atoms with Crippen LogP contribution in [0, 0.1) is 0 Å². The molecule has 0 radical (unpaired) electrons. The number of benzene rings is 8. The first kappa shape index (κ1) is 29.5. The molecule has 8 aromatic carbocycles. The number of nitrogens with zero attached hydrogens (tertiary/aromatic N) is 2. The van der Waals surface area contributed by atoms with Gasteiger partial charge >= 0.3 is 0 Å². The van der Waals surface area contributed by atoms with Gasteiger partial charge in [-0.3, -0.25) is 0 Å². The summed E-state index contributed by atoms with van der Waals surface area (Å²) in [4.78, 5) is 7.24. The second kappa shape index (κ2) is 11.3. The highest BCUT2D eigenvalue weighted by Crippen LogP contribution is 2.51. The van der Waals surface area contributed by atoms with E-state index < -0.39 is 0 Å². The molecule has 1 aliphatic rings. The molecular weight excluding hydrogens is 621 g/mol. The van der Waals surface area contributed by atoms with Crippen LogP contribution in [-0.4, -0.2) is 4.98 Å². The molecule has 0 atom stereocenters. The summed E-state index contributed by atoms with van der Waals surface area (Å²) >= 11 is 0. The minimum absolute atomic E-state index is 0.106. The maximum Gasteiger partial charge on any atom is 0.227 e. The predicted molar refractivity (Wildman–Crippen MR) is 212 cm³/mol. The third kappa shape index (κ3) is 4.69. The normalized spacial score (nSPS) is 13.1. The second-order valence-electron chi connectivity index (χ2n) is 14.0. The van der Waals surface area contributed by atoms with Gasteiger partial charge < -0.3 is 9.32 Å². The van der Waals surface area contributed by atoms with Crippen LogP contribution < -0.4 is 4.90 Å². The molecule has 0 aliphatic heterocycles. The van der Waals surface area contributed by atoms with Crippen molar-refractivity contribution in [1.29, 1.82) is 0 Å². The van der Waals surface area contributed by atoms with Gasteiger partial charge in [-0.15, -0.1) is 0 Å². The molecule has 10 rings (SSSR count). The highest BCUT2D eigenvalue weighted by atomic mass is 16.3. The summed E-state index contributed by atoms with van der Waals surface area (Å²) in [6, 6.07) is 60.9. The monoisotopic (exact) mass is 654 g/mol. The van der Waals surface area contributed by atoms with Crippen LogP contribution in [0.4, 0.5) is 17.1 Å². The molecule has 9 aromatic rings. The van der Waals surface area contributed by atoms with E-state index in [1.807, 2.05) is 30.3 Å². The molecule has 0 spiro atoms. The quantitative estimate of drug-likeness (QED) is 0.173. The van der Waals surface area contributed by atoms with E-state index in [0.29, 0.717) is 5.89 Å². The Morgan fingerprint density at radius 3 is 1.88 bits per heavy atom. The number of oxazole rings is 1. The van der Waals surface area contributed by atoms with Gasteiger partial charge in [-0.05, 0) is 110 Å². The minimum atomic E-state index is -0.106. The molecule has 242 valence electrons. The first-order chi connectivity index (χ1) is 25.0. The average molecular weight is 655 g/mol. The van der Waals surface area contributed by atoms with Crippen LogP contribution in [0.5, 0.6) is 0 Å². The van der Waals surface area contributed by atoms with Gasteiger partial charge in [-0.2, -0.15) is 0 Å². The Labute approximate surface area is 297 Å². The fourth-order valence-electron chi connectivity index (χ4n) is 8.06. The number of anilines is 3. The number of hydrogen-bond acceptors (Lipinski definition) is 3. The fourth-order valence-corrected chi connectivity index (χ4v) is 8.06. The van der Waals surface area contributed by atoms with Crippen LogP contribution in [0.1, 0.15) is 25.0 Å². The lowest BCUT2D eigenvalue weighted by Crippen LogP contribution is -2.16. The Hall–Kier alpha value is -6.45. The van der Waals surface area contributed by atoms with Crippen LogP contribution >= 0.6 is 0 Å². The first-order valence-electron chi connectivity index (χ1n) is 17.5. The van der Waals surface area contributed by atoms with Gasteiger partial charge in [0.15, 0.2) is 5.58 Å². The van der Waals surface area contributed by atoms with Gasteiger partial charge in [-0.1, -0.05) is 123 Å². The Morgan fingerprint density at radius 2 is 1.08 bits per heavy atom. The molecule has 51 heavy (non-hydrogen) atoms. The molecule has 0 amide bonds. The van der Waals surface area contributed by atoms with Crippen LogP contribution in [0.15, 0.2) is 174 Å². The molecule has 0 saturated carbocycles. The van der Waals surface area contributed by atoms with Crippen molar-refractivity contribution in [2.45, 2.75) is 19.3 Å². The Balaban J connectivity index is 1.15. The second-order valence-corrected chi connectivity index (χ2v) is 14.0. The fraction of sp³-hybridized carbons (Fsp3) is 0.0625. The molecule has 0 bridgehead atoms. The summed E-state index contributed by atoms with van der Waals surface area (Å²) < 4.78 is 6.45. The molecule has 3 nitrogen and oxygen atoms in total. The van der Waals surface area contributed by atoms with Crippen molar-refractivity contribution in [3.8, 4) is 33.7 Å². The van der Waals surface area contributed by atoms with E-state index in [1.165, 1.54) is 44.2 Å². The summed E-state index contributed by atoms with van der Waals surface area (Å²) in [6.07, 6.45) is 0. The summed E-state index contributed by atoms with van der Waals surface area (Å²) in [5, 5.41) is 4.55. The lowest BCUT2D eigenvalue weighted by atomic mass is 9.82. The van der Waals surface area contributed by atoms with E-state index in [1.54, 1.807) is 0 Å². The van der Waals surface area contributed by atoms with E-state index in [9.17, 15) is 0 Å². The number of fused-ring (bicyclic) bond motifs is 8. The maximum absolute atomic E-state index is 6.45. The molecule has 0 saturated heterocycles. The molecule has 3 heteroatoms. The van der Waals surface area contributed by atoms with Gasteiger partial charge in [0.25, 0.3) is 0 Å². The highest BCUT2D eigenvalue weighted by Gasteiger charge is 2.35. The zero-order valence-electron chi connectivity index (χ0n) is 28.5. The van der Waals surface area contributed by atoms with Gasteiger partial charge in [0.2, 0.25) is 5.89 Å². The van der Waals surface area contributed by atoms with Crippen LogP contribution in [-0.2, 0) is 5.41 Å². The van der Waals surface area contributed by atoms with E-state index >= 15 is 0 Å². The average Bonchev–Trinajstić information content (AvgIpc) is 3.73. The largest absolute Gasteiger partial charge is 0.435 e. The standard InChI is InChI=1S/C48H34N2O/c1-48(2)43-16-10-9-15-39(43)40-26-24-37(30-44(40)48)50(35-21-17-32(18-22-35)31-11-5-3-6-12-31)36-23-19-33-20-25-41-38(42(33)29-36)27-28-45-46(41)51-47(49-45)34-13-7-4-8-14-34/h3-30H,1-2H3. The summed E-state index contributed by atoms with van der Waals surface area (Å²) in [7, 11) is 0. The van der Waals surface area contributed by atoms with Crippen molar-refractivity contribution in [3.05, 3.63) is 181 Å². The first-order valence-corrected chi connectivity index (χ1v) is 17.5. The van der Waals surface area contributed by atoms with Crippen LogP contribution in [0.2, 0.25) is 0 Å². The van der Waals surface area contributed by atoms with E-state index in [0.717, 1.165) is 44.5 Å². The molecule has 0 fully saturated rings. The van der Waals surface area contributed by atoms with Crippen molar-refractivity contribution in [3.63, 3.8) is 0 Å². The van der Waals surface area contributed by atoms with Crippen molar-refractivity contribution < 1.29 is 4.42 Å². The lowest BCUT2D eigenvalue weighted by Gasteiger charge is -2.28. The molecule has 0 unspecified atom stereocenters. The molecule has 0 N–H and O–H groups in total. The smallest absolute Gasteiger partial charge is 0.227 e. The SMILES string of the molecule is CC1(C)c2ccccc2-c2ccc(N(c3ccc(-c4ccccc4)cc3)c3ccc4ccc5c(ccc6nc(-c7ccccc7)oc65)c4c3)cc21. The number of rotatable bonds is 5.